The molecule has 0 fully saturated rings. The van der Waals surface area contributed by atoms with Crippen molar-refractivity contribution < 1.29 is 14.3 Å². The van der Waals surface area contributed by atoms with Gasteiger partial charge in [-0.2, -0.15) is 0 Å². The Balaban J connectivity index is 2.28. The molecule has 2 rings (SSSR count). The third kappa shape index (κ3) is 5.22. The number of para-hydroxylation sites is 1. The van der Waals surface area contributed by atoms with Crippen molar-refractivity contribution in [2.24, 2.45) is 0 Å². The Morgan fingerprint density at radius 1 is 0.962 bits per heavy atom. The second-order valence-electron chi connectivity index (χ2n) is 5.18. The van der Waals surface area contributed by atoms with Crippen molar-refractivity contribution in [3.63, 3.8) is 0 Å². The molecule has 2 aromatic carbocycles. The summed E-state index contributed by atoms with van der Waals surface area (Å²) in [5.41, 5.74) is 1.63. The van der Waals surface area contributed by atoms with Gasteiger partial charge in [0.25, 0.3) is 5.91 Å². The normalized spacial score (nSPS) is 11.8. The van der Waals surface area contributed by atoms with Gasteiger partial charge in [-0.25, -0.2) is 4.79 Å². The van der Waals surface area contributed by atoms with E-state index in [1.807, 2.05) is 48.6 Å². The molecule has 0 radical (unpaired) electrons. The molecule has 0 N–H and O–H groups in total. The minimum atomic E-state index is -0.863. The van der Waals surface area contributed by atoms with Crippen molar-refractivity contribution in [3.8, 4) is 0 Å². The lowest BCUT2D eigenvalue weighted by Gasteiger charge is -2.21. The molecule has 0 aliphatic heterocycles. The Morgan fingerprint density at radius 2 is 1.54 bits per heavy atom. The fourth-order valence-electron chi connectivity index (χ4n) is 2.16. The lowest BCUT2D eigenvalue weighted by atomic mass is 10.2. The van der Waals surface area contributed by atoms with Crippen molar-refractivity contribution in [1.82, 2.24) is 0 Å². The molecule has 0 unspecified atom stereocenters. The standard InChI is InChI=1S/C20H17Cl2NO3/c1-26-20(25)18(22)17(21)19(24)23(16-12-6-3-7-13-16)14-8-11-15-9-4-2-5-10-15/h2-13H,14H2,1H3/b11-8+,18-17-. The highest BCUT2D eigenvalue weighted by atomic mass is 35.5. The highest BCUT2D eigenvalue weighted by molar-refractivity contribution is 6.54. The van der Waals surface area contributed by atoms with Gasteiger partial charge in [0.1, 0.15) is 10.1 Å². The van der Waals surface area contributed by atoms with Crippen LogP contribution in [0.15, 0.2) is 76.8 Å². The number of carbonyl (C=O) groups excluding carboxylic acids is 2. The maximum Gasteiger partial charge on any atom is 0.351 e. The van der Waals surface area contributed by atoms with Crippen LogP contribution in [-0.2, 0) is 14.3 Å². The number of esters is 1. The van der Waals surface area contributed by atoms with Crippen molar-refractivity contribution in [2.45, 2.75) is 0 Å². The number of anilines is 1. The minimum absolute atomic E-state index is 0.249. The Bertz CT molecular complexity index is 817. The smallest absolute Gasteiger partial charge is 0.351 e. The van der Waals surface area contributed by atoms with E-state index in [2.05, 4.69) is 4.74 Å². The van der Waals surface area contributed by atoms with Gasteiger partial charge in [0.2, 0.25) is 0 Å². The molecule has 0 heterocycles. The van der Waals surface area contributed by atoms with Crippen molar-refractivity contribution in [2.75, 3.05) is 18.6 Å². The molecule has 0 bridgehead atoms. The van der Waals surface area contributed by atoms with Crippen LogP contribution in [0.4, 0.5) is 5.69 Å². The average Bonchev–Trinajstić information content (AvgIpc) is 2.70. The van der Waals surface area contributed by atoms with E-state index in [-0.39, 0.29) is 6.54 Å². The van der Waals surface area contributed by atoms with Gasteiger partial charge in [-0.3, -0.25) is 4.79 Å². The second kappa shape index (κ2) is 9.80. The van der Waals surface area contributed by atoms with E-state index >= 15 is 0 Å². The number of benzene rings is 2. The van der Waals surface area contributed by atoms with E-state index in [1.54, 1.807) is 24.3 Å². The first-order valence-corrected chi connectivity index (χ1v) is 8.52. The molecule has 6 heteroatoms. The monoisotopic (exact) mass is 389 g/mol. The summed E-state index contributed by atoms with van der Waals surface area (Å²) in [4.78, 5) is 25.7. The molecular weight excluding hydrogens is 373 g/mol. The predicted molar refractivity (Wildman–Crippen MR) is 105 cm³/mol. The molecule has 0 aromatic heterocycles. The number of hydrogen-bond donors (Lipinski definition) is 0. The van der Waals surface area contributed by atoms with Gasteiger partial charge in [0.05, 0.1) is 7.11 Å². The minimum Gasteiger partial charge on any atom is -0.465 e. The van der Waals surface area contributed by atoms with E-state index in [9.17, 15) is 9.59 Å². The van der Waals surface area contributed by atoms with Crippen LogP contribution in [-0.4, -0.2) is 25.5 Å². The van der Waals surface area contributed by atoms with Crippen LogP contribution in [0, 0.1) is 0 Å². The van der Waals surface area contributed by atoms with E-state index in [1.165, 1.54) is 4.90 Å². The van der Waals surface area contributed by atoms with E-state index in [0.29, 0.717) is 5.69 Å². The lowest BCUT2D eigenvalue weighted by molar-refractivity contribution is -0.135. The van der Waals surface area contributed by atoms with Gasteiger partial charge in [0, 0.05) is 12.2 Å². The van der Waals surface area contributed by atoms with Crippen LogP contribution in [0.25, 0.3) is 6.08 Å². The highest BCUT2D eigenvalue weighted by Crippen LogP contribution is 2.22. The van der Waals surface area contributed by atoms with Gasteiger partial charge in [-0.05, 0) is 17.7 Å². The lowest BCUT2D eigenvalue weighted by Crippen LogP contribution is -2.32. The Morgan fingerprint density at radius 3 is 2.12 bits per heavy atom. The summed E-state index contributed by atoms with van der Waals surface area (Å²) < 4.78 is 4.51. The third-order valence-corrected chi connectivity index (χ3v) is 4.25. The fourth-order valence-corrected chi connectivity index (χ4v) is 2.50. The molecule has 0 saturated carbocycles. The zero-order valence-electron chi connectivity index (χ0n) is 14.1. The maximum absolute atomic E-state index is 12.8. The Labute approximate surface area is 162 Å². The van der Waals surface area contributed by atoms with Gasteiger partial charge in [-0.15, -0.1) is 0 Å². The molecule has 0 atom stereocenters. The van der Waals surface area contributed by atoms with Crippen LogP contribution in [0.5, 0.6) is 0 Å². The van der Waals surface area contributed by atoms with Crippen LogP contribution in [0.1, 0.15) is 5.56 Å². The first-order valence-electron chi connectivity index (χ1n) is 7.76. The summed E-state index contributed by atoms with van der Waals surface area (Å²) in [7, 11) is 1.16. The molecule has 1 amide bonds. The number of hydrogen-bond acceptors (Lipinski definition) is 3. The zero-order chi connectivity index (χ0) is 18.9. The molecule has 0 aliphatic rings. The number of rotatable bonds is 6. The van der Waals surface area contributed by atoms with Crippen molar-refractivity contribution in [3.05, 3.63) is 82.4 Å². The summed E-state index contributed by atoms with van der Waals surface area (Å²) >= 11 is 11.9. The maximum atomic E-state index is 12.8. The third-order valence-electron chi connectivity index (χ3n) is 3.46. The highest BCUT2D eigenvalue weighted by Gasteiger charge is 2.24. The summed E-state index contributed by atoms with van der Waals surface area (Å²) in [5.74, 6) is -1.45. The number of carbonyl (C=O) groups is 2. The van der Waals surface area contributed by atoms with Crippen LogP contribution in [0.2, 0.25) is 0 Å². The van der Waals surface area contributed by atoms with E-state index < -0.39 is 21.9 Å². The SMILES string of the molecule is COC(=O)/C(Cl)=C(/Cl)C(=O)N(C/C=C/c1ccccc1)c1ccccc1. The number of methoxy groups -OCH3 is 1. The predicted octanol–water partition coefficient (Wildman–Crippen LogP) is 4.60. The van der Waals surface area contributed by atoms with Gasteiger partial charge in [0.15, 0.2) is 0 Å². The molecule has 0 saturated heterocycles. The Hall–Kier alpha value is -2.56. The van der Waals surface area contributed by atoms with Crippen LogP contribution in [0.3, 0.4) is 0 Å². The first kappa shape index (κ1) is 19.8. The molecule has 0 spiro atoms. The van der Waals surface area contributed by atoms with E-state index in [0.717, 1.165) is 12.7 Å². The number of ether oxygens (including phenoxy) is 1. The zero-order valence-corrected chi connectivity index (χ0v) is 15.6. The second-order valence-corrected chi connectivity index (χ2v) is 5.94. The quantitative estimate of drug-likeness (QED) is 0.535. The fraction of sp³-hybridized carbons (Fsp3) is 0.100. The first-order chi connectivity index (χ1) is 12.5. The van der Waals surface area contributed by atoms with E-state index in [4.69, 9.17) is 23.2 Å². The van der Waals surface area contributed by atoms with Crippen LogP contribution >= 0.6 is 23.2 Å². The summed E-state index contributed by atoms with van der Waals surface area (Å²) in [6, 6.07) is 18.7. The molecule has 134 valence electrons. The average molecular weight is 390 g/mol. The summed E-state index contributed by atoms with van der Waals surface area (Å²) in [5, 5.41) is -0.845. The molecule has 2 aromatic rings. The number of halogens is 2. The number of amides is 1. The number of nitrogens with zero attached hydrogens (tertiary/aromatic N) is 1. The topological polar surface area (TPSA) is 46.6 Å². The molecule has 4 nitrogen and oxygen atoms in total. The van der Waals surface area contributed by atoms with Crippen molar-refractivity contribution in [1.29, 1.82) is 0 Å². The van der Waals surface area contributed by atoms with Gasteiger partial charge >= 0.3 is 5.97 Å². The van der Waals surface area contributed by atoms with Gasteiger partial charge in [-0.1, -0.05) is 83.9 Å². The largest absolute Gasteiger partial charge is 0.465 e. The molecule has 0 aliphatic carbocycles. The molecule has 26 heavy (non-hydrogen) atoms. The molecular formula is C20H17Cl2NO3. The summed E-state index contributed by atoms with van der Waals surface area (Å²) in [6.07, 6.45) is 3.72. The van der Waals surface area contributed by atoms with Crippen LogP contribution < -0.4 is 4.90 Å². The Kier molecular flexibility index (Phi) is 7.45. The summed E-state index contributed by atoms with van der Waals surface area (Å²) in [6.45, 7) is 0.249. The van der Waals surface area contributed by atoms with Gasteiger partial charge < -0.3 is 9.64 Å². The van der Waals surface area contributed by atoms with Crippen molar-refractivity contribution >= 4 is 46.8 Å².